The van der Waals surface area contributed by atoms with Crippen LogP contribution in [0.2, 0.25) is 0 Å². The second-order valence-electron chi connectivity index (χ2n) is 7.22. The Balaban J connectivity index is 1.90. The van der Waals surface area contributed by atoms with E-state index in [0.29, 0.717) is 0 Å². The minimum Gasteiger partial charge on any atom is -0.398 e. The molecular formula is C18H23N7O2. The van der Waals surface area contributed by atoms with Crippen LogP contribution in [-0.2, 0) is 12.8 Å². The fraction of sp³-hybridized carbons (Fsp3) is 0.444. The molecule has 0 saturated carbocycles. The van der Waals surface area contributed by atoms with E-state index in [-0.39, 0.29) is 34.5 Å². The van der Waals surface area contributed by atoms with Crippen LogP contribution < -0.4 is 22.1 Å². The number of fused-ring (bicyclic) bond motifs is 1. The van der Waals surface area contributed by atoms with Crippen LogP contribution in [0.15, 0.2) is 12.1 Å². The molecule has 142 valence electrons. The Kier molecular flexibility index (Phi) is 4.31. The van der Waals surface area contributed by atoms with Gasteiger partial charge in [0.2, 0.25) is 0 Å². The summed E-state index contributed by atoms with van der Waals surface area (Å²) < 4.78 is 0. The summed E-state index contributed by atoms with van der Waals surface area (Å²) in [5.74, 6) is 1.10. The number of nitro benzene ring substituents is 1. The van der Waals surface area contributed by atoms with Gasteiger partial charge in [0, 0.05) is 36.1 Å². The molecule has 2 aliphatic rings. The summed E-state index contributed by atoms with van der Waals surface area (Å²) in [6.45, 7) is 1.59. The molecule has 0 bridgehead atoms. The first kappa shape index (κ1) is 17.5. The second kappa shape index (κ2) is 6.66. The van der Waals surface area contributed by atoms with Crippen LogP contribution in [-0.4, -0.2) is 34.0 Å². The normalized spacial score (nSPS) is 19.1. The SMILES string of the molecule is Nc1ccc(N)c([N+](=O)[O-])c1-c1nc2c(c(N3CCCC(N)C3)n1)CCC2. The monoisotopic (exact) mass is 369 g/mol. The highest BCUT2D eigenvalue weighted by molar-refractivity contribution is 5.87. The maximum Gasteiger partial charge on any atom is 0.305 e. The Morgan fingerprint density at radius 2 is 1.93 bits per heavy atom. The number of piperidine rings is 1. The lowest BCUT2D eigenvalue weighted by Crippen LogP contribution is -2.43. The van der Waals surface area contributed by atoms with Gasteiger partial charge in [0.05, 0.1) is 4.92 Å². The number of nitrogens with two attached hydrogens (primary N) is 3. The highest BCUT2D eigenvalue weighted by Crippen LogP contribution is 2.40. The minimum absolute atomic E-state index is 0.0508. The topological polar surface area (TPSA) is 150 Å². The largest absolute Gasteiger partial charge is 0.398 e. The maximum atomic E-state index is 11.6. The lowest BCUT2D eigenvalue weighted by molar-refractivity contribution is -0.383. The molecule has 2 aromatic rings. The van der Waals surface area contributed by atoms with Crippen LogP contribution in [0.4, 0.5) is 22.9 Å². The molecule has 1 saturated heterocycles. The first-order chi connectivity index (χ1) is 13.0. The number of hydrogen-bond donors (Lipinski definition) is 3. The summed E-state index contributed by atoms with van der Waals surface area (Å²) in [5, 5.41) is 11.6. The summed E-state index contributed by atoms with van der Waals surface area (Å²) in [4.78, 5) is 22.6. The Bertz CT molecular complexity index is 915. The Hall–Kier alpha value is -2.94. The molecule has 0 spiro atoms. The summed E-state index contributed by atoms with van der Waals surface area (Å²) in [6.07, 6.45) is 4.72. The van der Waals surface area contributed by atoms with Gasteiger partial charge in [-0.25, -0.2) is 9.97 Å². The van der Waals surface area contributed by atoms with Gasteiger partial charge >= 0.3 is 5.69 Å². The van der Waals surface area contributed by atoms with E-state index in [0.717, 1.165) is 62.3 Å². The summed E-state index contributed by atoms with van der Waals surface area (Å²) in [6, 6.07) is 3.10. The first-order valence-corrected chi connectivity index (χ1v) is 9.18. The van der Waals surface area contributed by atoms with Gasteiger partial charge in [0.15, 0.2) is 5.82 Å². The number of rotatable bonds is 3. The summed E-state index contributed by atoms with van der Waals surface area (Å²) in [7, 11) is 0. The second-order valence-corrected chi connectivity index (χ2v) is 7.22. The fourth-order valence-electron chi connectivity index (χ4n) is 4.04. The first-order valence-electron chi connectivity index (χ1n) is 9.18. The molecule has 1 fully saturated rings. The van der Waals surface area contributed by atoms with Crippen LogP contribution in [0.25, 0.3) is 11.4 Å². The Morgan fingerprint density at radius 3 is 2.67 bits per heavy atom. The number of anilines is 3. The molecule has 1 aliphatic carbocycles. The number of nitrogens with zero attached hydrogens (tertiary/aromatic N) is 4. The summed E-state index contributed by atoms with van der Waals surface area (Å²) >= 11 is 0. The standard InChI is InChI=1S/C18H23N7O2/c19-10-3-2-8-24(9-10)18-11-4-1-5-14(11)22-17(23-18)15-12(20)6-7-13(21)16(15)25(26)27/h6-7,10H,1-5,8-9,19-21H2. The van der Waals surface area contributed by atoms with Crippen molar-refractivity contribution in [3.05, 3.63) is 33.5 Å². The fourth-order valence-corrected chi connectivity index (χ4v) is 4.04. The average molecular weight is 369 g/mol. The molecule has 1 unspecified atom stereocenters. The van der Waals surface area contributed by atoms with Crippen molar-refractivity contribution in [2.24, 2.45) is 5.73 Å². The number of nitro groups is 1. The van der Waals surface area contributed by atoms with Crippen molar-refractivity contribution in [2.45, 2.75) is 38.1 Å². The maximum absolute atomic E-state index is 11.6. The Labute approximate surface area is 156 Å². The van der Waals surface area contributed by atoms with E-state index < -0.39 is 4.92 Å². The van der Waals surface area contributed by atoms with Crippen LogP contribution in [0, 0.1) is 10.1 Å². The predicted octanol–water partition coefficient (Wildman–Crippen LogP) is 1.63. The van der Waals surface area contributed by atoms with E-state index in [4.69, 9.17) is 22.2 Å². The zero-order valence-electron chi connectivity index (χ0n) is 15.0. The van der Waals surface area contributed by atoms with Gasteiger partial charge in [-0.2, -0.15) is 0 Å². The minimum atomic E-state index is -0.520. The molecule has 0 amide bonds. The quantitative estimate of drug-likeness (QED) is 0.419. The van der Waals surface area contributed by atoms with Crippen molar-refractivity contribution in [3.63, 3.8) is 0 Å². The number of hydrogen-bond acceptors (Lipinski definition) is 8. The number of benzene rings is 1. The highest BCUT2D eigenvalue weighted by Gasteiger charge is 2.30. The molecular weight excluding hydrogens is 346 g/mol. The molecule has 4 rings (SSSR count). The molecule has 6 N–H and O–H groups in total. The molecule has 1 aromatic carbocycles. The van der Waals surface area contributed by atoms with Gasteiger partial charge in [-0.05, 0) is 44.2 Å². The molecule has 9 heteroatoms. The number of aryl methyl sites for hydroxylation is 1. The summed E-state index contributed by atoms with van der Waals surface area (Å²) in [5.41, 5.74) is 20.4. The third-order valence-corrected chi connectivity index (χ3v) is 5.32. The predicted molar refractivity (Wildman–Crippen MR) is 104 cm³/mol. The zero-order chi connectivity index (χ0) is 19.1. The van der Waals surface area contributed by atoms with Gasteiger partial charge in [-0.15, -0.1) is 0 Å². The van der Waals surface area contributed by atoms with Crippen LogP contribution in [0.1, 0.15) is 30.5 Å². The lowest BCUT2D eigenvalue weighted by Gasteiger charge is -2.33. The van der Waals surface area contributed by atoms with Crippen LogP contribution in [0.5, 0.6) is 0 Å². The number of nitrogen functional groups attached to an aromatic ring is 2. The van der Waals surface area contributed by atoms with E-state index in [1.165, 1.54) is 6.07 Å². The van der Waals surface area contributed by atoms with Crippen molar-refractivity contribution in [2.75, 3.05) is 29.5 Å². The van der Waals surface area contributed by atoms with Gasteiger partial charge in [0.1, 0.15) is 17.1 Å². The van der Waals surface area contributed by atoms with Gasteiger partial charge < -0.3 is 22.1 Å². The van der Waals surface area contributed by atoms with E-state index in [1.807, 2.05) is 0 Å². The molecule has 1 aromatic heterocycles. The third-order valence-electron chi connectivity index (χ3n) is 5.32. The van der Waals surface area contributed by atoms with Crippen LogP contribution >= 0.6 is 0 Å². The zero-order valence-corrected chi connectivity index (χ0v) is 15.0. The van der Waals surface area contributed by atoms with E-state index in [2.05, 4.69) is 9.88 Å². The smallest absolute Gasteiger partial charge is 0.305 e. The van der Waals surface area contributed by atoms with Crippen LogP contribution in [0.3, 0.4) is 0 Å². The number of aromatic nitrogens is 2. The van der Waals surface area contributed by atoms with Gasteiger partial charge in [0.25, 0.3) is 0 Å². The van der Waals surface area contributed by atoms with Crippen molar-refractivity contribution < 1.29 is 4.92 Å². The Morgan fingerprint density at radius 1 is 1.15 bits per heavy atom. The highest BCUT2D eigenvalue weighted by atomic mass is 16.6. The van der Waals surface area contributed by atoms with Crippen molar-refractivity contribution in [1.82, 2.24) is 9.97 Å². The molecule has 9 nitrogen and oxygen atoms in total. The van der Waals surface area contributed by atoms with Crippen molar-refractivity contribution in [3.8, 4) is 11.4 Å². The van der Waals surface area contributed by atoms with E-state index in [1.54, 1.807) is 6.07 Å². The molecule has 0 radical (unpaired) electrons. The van der Waals surface area contributed by atoms with E-state index in [9.17, 15) is 10.1 Å². The van der Waals surface area contributed by atoms with Crippen molar-refractivity contribution in [1.29, 1.82) is 0 Å². The molecule has 27 heavy (non-hydrogen) atoms. The molecule has 1 aliphatic heterocycles. The van der Waals surface area contributed by atoms with Gasteiger partial charge in [-0.3, -0.25) is 10.1 Å². The third kappa shape index (κ3) is 3.03. The lowest BCUT2D eigenvalue weighted by atomic mass is 10.0. The van der Waals surface area contributed by atoms with Gasteiger partial charge in [-0.1, -0.05) is 0 Å². The van der Waals surface area contributed by atoms with Crippen molar-refractivity contribution >= 4 is 22.9 Å². The van der Waals surface area contributed by atoms with E-state index >= 15 is 0 Å². The molecule has 1 atom stereocenters. The molecule has 2 heterocycles. The average Bonchev–Trinajstić information content (AvgIpc) is 3.10.